The summed E-state index contributed by atoms with van der Waals surface area (Å²) in [7, 11) is -3.59. The molecule has 30 heavy (non-hydrogen) atoms. The number of thiophene rings is 1. The maximum atomic E-state index is 12.9. The number of carbonyl (C=O) groups is 2. The largest absolute Gasteiger partial charge is 0.350 e. The van der Waals surface area contributed by atoms with Crippen LogP contribution in [0.1, 0.15) is 43.5 Å². The number of carbonyl (C=O) groups excluding carboxylic acids is 2. The second-order valence-corrected chi connectivity index (χ2v) is 10.6. The van der Waals surface area contributed by atoms with Crippen molar-refractivity contribution >= 4 is 38.9 Å². The summed E-state index contributed by atoms with van der Waals surface area (Å²) in [6.45, 7) is 4.44. The maximum absolute atomic E-state index is 12.9. The Hall–Kier alpha value is -2.23. The number of sulfonamides is 1. The van der Waals surface area contributed by atoms with E-state index in [9.17, 15) is 18.0 Å². The van der Waals surface area contributed by atoms with E-state index in [2.05, 4.69) is 10.6 Å². The number of piperidine rings is 1. The van der Waals surface area contributed by atoms with E-state index in [1.165, 1.54) is 15.6 Å². The van der Waals surface area contributed by atoms with Gasteiger partial charge < -0.3 is 10.6 Å². The molecule has 0 aliphatic carbocycles. The molecule has 3 rings (SSSR count). The number of anilines is 1. The van der Waals surface area contributed by atoms with E-state index in [-0.39, 0.29) is 28.6 Å². The van der Waals surface area contributed by atoms with Crippen LogP contribution in [0.15, 0.2) is 46.0 Å². The van der Waals surface area contributed by atoms with Crippen molar-refractivity contribution in [2.75, 3.05) is 18.4 Å². The zero-order chi connectivity index (χ0) is 21.7. The summed E-state index contributed by atoms with van der Waals surface area (Å²) in [6, 6.07) is 10.2. The Morgan fingerprint density at radius 2 is 2.00 bits per heavy atom. The highest BCUT2D eigenvalue weighted by atomic mass is 32.2. The summed E-state index contributed by atoms with van der Waals surface area (Å²) in [5, 5.41) is 7.47. The number of nitrogens with zero attached hydrogens (tertiary/aromatic N) is 1. The van der Waals surface area contributed by atoms with Crippen LogP contribution in [0.2, 0.25) is 0 Å². The topological polar surface area (TPSA) is 95.6 Å². The van der Waals surface area contributed by atoms with Crippen molar-refractivity contribution in [3.8, 4) is 0 Å². The molecule has 9 heteroatoms. The van der Waals surface area contributed by atoms with E-state index in [0.29, 0.717) is 30.6 Å². The molecule has 2 N–H and O–H groups in total. The Morgan fingerprint density at radius 1 is 1.23 bits per heavy atom. The van der Waals surface area contributed by atoms with E-state index >= 15 is 0 Å². The van der Waals surface area contributed by atoms with Crippen LogP contribution < -0.4 is 10.6 Å². The molecule has 1 aliphatic rings. The van der Waals surface area contributed by atoms with Crippen LogP contribution in [0.4, 0.5) is 5.69 Å². The molecule has 2 heterocycles. The lowest BCUT2D eigenvalue weighted by molar-refractivity contribution is -0.120. The van der Waals surface area contributed by atoms with Gasteiger partial charge in [-0.1, -0.05) is 25.1 Å². The fourth-order valence-electron chi connectivity index (χ4n) is 3.34. The van der Waals surface area contributed by atoms with Gasteiger partial charge in [0.2, 0.25) is 5.91 Å². The first kappa shape index (κ1) is 22.5. The number of benzene rings is 1. The molecule has 1 aromatic heterocycles. The lowest BCUT2D eigenvalue weighted by Crippen LogP contribution is -2.43. The van der Waals surface area contributed by atoms with Gasteiger partial charge in [-0.25, -0.2) is 8.42 Å². The first-order valence-corrected chi connectivity index (χ1v) is 12.4. The van der Waals surface area contributed by atoms with E-state index in [1.807, 2.05) is 13.8 Å². The minimum absolute atomic E-state index is 0.0237. The zero-order valence-electron chi connectivity index (χ0n) is 17.1. The second-order valence-electron chi connectivity index (χ2n) is 7.45. The molecule has 2 amide bonds. The van der Waals surface area contributed by atoms with Crippen molar-refractivity contribution < 1.29 is 18.0 Å². The van der Waals surface area contributed by atoms with Crippen molar-refractivity contribution in [3.05, 3.63) is 47.3 Å². The summed E-state index contributed by atoms with van der Waals surface area (Å²) in [5.74, 6) is -0.991. The molecular weight excluding hydrogens is 422 g/mol. The highest BCUT2D eigenvalue weighted by Gasteiger charge is 2.34. The number of rotatable bonds is 7. The molecule has 7 nitrogen and oxygen atoms in total. The maximum Gasteiger partial charge on any atom is 0.253 e. The van der Waals surface area contributed by atoms with Gasteiger partial charge in [0.1, 0.15) is 4.21 Å². The Bertz CT molecular complexity index is 989. The van der Waals surface area contributed by atoms with Crippen molar-refractivity contribution in [2.45, 2.75) is 43.4 Å². The molecule has 0 saturated carbocycles. The third-order valence-corrected chi connectivity index (χ3v) is 8.50. The van der Waals surface area contributed by atoms with Crippen LogP contribution in [-0.4, -0.2) is 43.7 Å². The molecule has 0 unspecified atom stereocenters. The Morgan fingerprint density at radius 3 is 2.70 bits per heavy atom. The average molecular weight is 450 g/mol. The standard InChI is InChI=1S/C21H27N3O4S2/c1-3-15(2)22-21(26)17-9-4-5-10-18(17)23-20(25)16-8-6-12-24(14-16)30(27,28)19-11-7-13-29-19/h4-5,7,9-11,13,15-16H,3,6,8,12,14H2,1-2H3,(H,22,26)(H,23,25)/t15-,16+/m0/s1. The molecule has 1 saturated heterocycles. The molecule has 162 valence electrons. The van der Waals surface area contributed by atoms with Crippen molar-refractivity contribution in [1.29, 1.82) is 0 Å². The second kappa shape index (κ2) is 9.72. The number of para-hydroxylation sites is 1. The minimum Gasteiger partial charge on any atom is -0.350 e. The smallest absolute Gasteiger partial charge is 0.253 e. The minimum atomic E-state index is -3.59. The lowest BCUT2D eigenvalue weighted by Gasteiger charge is -2.31. The number of hydrogen-bond acceptors (Lipinski definition) is 5. The predicted octanol–water partition coefficient (Wildman–Crippen LogP) is 3.32. The third-order valence-electron chi connectivity index (χ3n) is 5.26. The van der Waals surface area contributed by atoms with Crippen LogP contribution in [0.5, 0.6) is 0 Å². The van der Waals surface area contributed by atoms with Crippen LogP contribution in [-0.2, 0) is 14.8 Å². The van der Waals surface area contributed by atoms with Crippen molar-refractivity contribution in [3.63, 3.8) is 0 Å². The van der Waals surface area contributed by atoms with Crippen LogP contribution in [0.3, 0.4) is 0 Å². The highest BCUT2D eigenvalue weighted by Crippen LogP contribution is 2.27. The normalized spacial score (nSPS) is 18.5. The predicted molar refractivity (Wildman–Crippen MR) is 118 cm³/mol. The summed E-state index contributed by atoms with van der Waals surface area (Å²) in [6.07, 6.45) is 2.01. The number of amides is 2. The van der Waals surface area contributed by atoms with Gasteiger partial charge in [-0.05, 0) is 49.8 Å². The summed E-state index contributed by atoms with van der Waals surface area (Å²) < 4.78 is 27.3. The van der Waals surface area contributed by atoms with Gasteiger partial charge in [0, 0.05) is 19.1 Å². The van der Waals surface area contributed by atoms with Crippen LogP contribution in [0.25, 0.3) is 0 Å². The van der Waals surface area contributed by atoms with Crippen molar-refractivity contribution in [1.82, 2.24) is 9.62 Å². The van der Waals surface area contributed by atoms with Gasteiger partial charge >= 0.3 is 0 Å². The zero-order valence-corrected chi connectivity index (χ0v) is 18.8. The fourth-order valence-corrected chi connectivity index (χ4v) is 6.01. The van der Waals surface area contributed by atoms with Gasteiger partial charge in [-0.15, -0.1) is 11.3 Å². The molecular formula is C21H27N3O4S2. The molecule has 0 bridgehead atoms. The first-order valence-electron chi connectivity index (χ1n) is 10.1. The fraction of sp³-hybridized carbons (Fsp3) is 0.429. The SMILES string of the molecule is CC[C@H](C)NC(=O)c1ccccc1NC(=O)[C@@H]1CCCN(S(=O)(=O)c2cccs2)C1. The molecule has 0 spiro atoms. The Kier molecular flexibility index (Phi) is 7.27. The van der Waals surface area contributed by atoms with E-state index in [0.717, 1.165) is 6.42 Å². The van der Waals surface area contributed by atoms with Crippen LogP contribution >= 0.6 is 11.3 Å². The summed E-state index contributed by atoms with van der Waals surface area (Å²) >= 11 is 1.17. The van der Waals surface area contributed by atoms with Gasteiger partial charge in [-0.3, -0.25) is 9.59 Å². The Balaban J connectivity index is 1.71. The van der Waals surface area contributed by atoms with Crippen molar-refractivity contribution in [2.24, 2.45) is 5.92 Å². The third kappa shape index (κ3) is 5.08. The molecule has 2 aromatic rings. The monoisotopic (exact) mass is 449 g/mol. The van der Waals surface area contributed by atoms with E-state index < -0.39 is 15.9 Å². The van der Waals surface area contributed by atoms with Gasteiger partial charge in [0.05, 0.1) is 17.2 Å². The lowest BCUT2D eigenvalue weighted by atomic mass is 9.98. The number of nitrogens with one attached hydrogen (secondary N) is 2. The molecule has 1 fully saturated rings. The highest BCUT2D eigenvalue weighted by molar-refractivity contribution is 7.91. The summed E-state index contributed by atoms with van der Waals surface area (Å²) in [4.78, 5) is 25.5. The molecule has 1 aliphatic heterocycles. The van der Waals surface area contributed by atoms with E-state index in [4.69, 9.17) is 0 Å². The first-order chi connectivity index (χ1) is 14.3. The number of hydrogen-bond donors (Lipinski definition) is 2. The Labute approximate surface area is 181 Å². The quantitative estimate of drug-likeness (QED) is 0.678. The molecule has 1 aromatic carbocycles. The van der Waals surface area contributed by atoms with Gasteiger partial charge in [-0.2, -0.15) is 4.31 Å². The average Bonchev–Trinajstić information content (AvgIpc) is 3.30. The molecule has 0 radical (unpaired) electrons. The van der Waals surface area contributed by atoms with Crippen LogP contribution in [0, 0.1) is 5.92 Å². The van der Waals surface area contributed by atoms with E-state index in [1.54, 1.807) is 41.8 Å². The van der Waals surface area contributed by atoms with Gasteiger partial charge in [0.15, 0.2) is 0 Å². The molecule has 2 atom stereocenters. The summed E-state index contributed by atoms with van der Waals surface area (Å²) in [5.41, 5.74) is 0.826. The van der Waals surface area contributed by atoms with Gasteiger partial charge in [0.25, 0.3) is 15.9 Å².